The van der Waals surface area contributed by atoms with E-state index in [4.69, 9.17) is 10.00 Å². The number of aromatic nitrogens is 4. The summed E-state index contributed by atoms with van der Waals surface area (Å²) in [6, 6.07) is 16.6. The molecule has 38 heavy (non-hydrogen) atoms. The minimum Gasteiger partial charge on any atom is -0.490 e. The molecule has 0 unspecified atom stereocenters. The molecule has 9 heteroatoms. The molecule has 1 aliphatic heterocycles. The molecule has 0 N–H and O–H groups in total. The molecule has 0 spiro atoms. The van der Waals surface area contributed by atoms with Crippen LogP contribution >= 0.6 is 0 Å². The molecule has 1 saturated heterocycles. The average molecular weight is 511 g/mol. The average Bonchev–Trinajstić information content (AvgIpc) is 2.95. The predicted octanol–water partition coefficient (Wildman–Crippen LogP) is 4.15. The van der Waals surface area contributed by atoms with Crippen LogP contribution in [0.25, 0.3) is 22.6 Å². The second kappa shape index (κ2) is 11.3. The van der Waals surface area contributed by atoms with Gasteiger partial charge in [0, 0.05) is 17.2 Å². The quantitative estimate of drug-likeness (QED) is 0.369. The molecule has 1 aliphatic rings. The summed E-state index contributed by atoms with van der Waals surface area (Å²) in [7, 11) is 2.14. The zero-order valence-electron chi connectivity index (χ0n) is 21.0. The van der Waals surface area contributed by atoms with Gasteiger partial charge in [-0.3, -0.25) is 4.79 Å². The Morgan fingerprint density at radius 3 is 2.61 bits per heavy atom. The van der Waals surface area contributed by atoms with Crippen LogP contribution in [0.5, 0.6) is 5.75 Å². The van der Waals surface area contributed by atoms with Crippen LogP contribution in [-0.4, -0.2) is 51.4 Å². The van der Waals surface area contributed by atoms with Crippen LogP contribution in [0.15, 0.2) is 71.8 Å². The summed E-state index contributed by atoms with van der Waals surface area (Å²) in [5, 5.41) is 13.6. The first-order valence-electron chi connectivity index (χ1n) is 12.5. The summed E-state index contributed by atoms with van der Waals surface area (Å²) < 4.78 is 21.0. The van der Waals surface area contributed by atoms with Crippen molar-refractivity contribution in [3.05, 3.63) is 94.3 Å². The molecular formula is C29H27FN6O2. The van der Waals surface area contributed by atoms with E-state index in [0.29, 0.717) is 35.4 Å². The van der Waals surface area contributed by atoms with E-state index in [2.05, 4.69) is 27.0 Å². The Morgan fingerprint density at radius 2 is 1.84 bits per heavy atom. The fourth-order valence-electron chi connectivity index (χ4n) is 4.45. The summed E-state index contributed by atoms with van der Waals surface area (Å²) in [6.07, 6.45) is 5.65. The van der Waals surface area contributed by atoms with E-state index in [-0.39, 0.29) is 17.7 Å². The number of hydrogen-bond acceptors (Lipinski definition) is 7. The maximum absolute atomic E-state index is 13.7. The predicted molar refractivity (Wildman–Crippen MR) is 141 cm³/mol. The highest BCUT2D eigenvalue weighted by atomic mass is 19.1. The maximum atomic E-state index is 13.7. The number of benzene rings is 2. The highest BCUT2D eigenvalue weighted by Gasteiger charge is 2.17. The van der Waals surface area contributed by atoms with Crippen LogP contribution in [0.2, 0.25) is 0 Å². The second-order valence-electron chi connectivity index (χ2n) is 9.52. The molecule has 5 rings (SSSR count). The summed E-state index contributed by atoms with van der Waals surface area (Å²) in [5.74, 6) is 1.16. The lowest BCUT2D eigenvalue weighted by Gasteiger charge is -2.28. The molecule has 0 radical (unpaired) electrons. The van der Waals surface area contributed by atoms with Crippen LogP contribution in [0.4, 0.5) is 4.39 Å². The van der Waals surface area contributed by atoms with Crippen LogP contribution in [0, 0.1) is 23.1 Å². The van der Waals surface area contributed by atoms with E-state index in [1.54, 1.807) is 18.5 Å². The maximum Gasteiger partial charge on any atom is 0.267 e. The molecule has 0 amide bonds. The summed E-state index contributed by atoms with van der Waals surface area (Å²) in [5.41, 5.74) is 2.33. The number of piperidine rings is 1. The number of hydrogen-bond donors (Lipinski definition) is 0. The Hall–Kier alpha value is -4.42. The van der Waals surface area contributed by atoms with Crippen molar-refractivity contribution in [2.24, 2.45) is 5.92 Å². The third-order valence-corrected chi connectivity index (χ3v) is 6.72. The molecular weight excluding hydrogens is 483 g/mol. The van der Waals surface area contributed by atoms with Gasteiger partial charge in [0.2, 0.25) is 0 Å². The van der Waals surface area contributed by atoms with Crippen LogP contribution in [0.1, 0.15) is 24.0 Å². The Morgan fingerprint density at radius 1 is 1.05 bits per heavy atom. The third kappa shape index (κ3) is 5.93. The first kappa shape index (κ1) is 25.2. The van der Waals surface area contributed by atoms with E-state index in [1.807, 2.05) is 30.3 Å². The van der Waals surface area contributed by atoms with E-state index < -0.39 is 5.82 Å². The fourth-order valence-corrected chi connectivity index (χ4v) is 4.45. The standard InChI is InChI=1S/C29H27FN6O2/c1-35-11-9-20(10-12-35)19-38-25-16-32-29(33-17-25)23-4-2-3-21(13-23)18-36-28(37)8-7-27(34-36)22-5-6-26(30)24(14-22)15-31/h2-8,13-14,16-17,20H,9-12,18-19H2,1H3. The van der Waals surface area contributed by atoms with Gasteiger partial charge in [-0.25, -0.2) is 19.0 Å². The van der Waals surface area contributed by atoms with Crippen molar-refractivity contribution in [2.45, 2.75) is 19.4 Å². The number of ether oxygens (including phenoxy) is 1. The summed E-state index contributed by atoms with van der Waals surface area (Å²) in [6.45, 7) is 3.09. The highest BCUT2D eigenvalue weighted by Crippen LogP contribution is 2.22. The smallest absolute Gasteiger partial charge is 0.267 e. The largest absolute Gasteiger partial charge is 0.490 e. The van der Waals surface area contributed by atoms with Gasteiger partial charge in [-0.1, -0.05) is 18.2 Å². The lowest BCUT2D eigenvalue weighted by molar-refractivity contribution is 0.159. The molecule has 0 atom stereocenters. The van der Waals surface area contributed by atoms with Crippen molar-refractivity contribution in [2.75, 3.05) is 26.7 Å². The van der Waals surface area contributed by atoms with Gasteiger partial charge in [-0.15, -0.1) is 0 Å². The molecule has 3 heterocycles. The normalized spacial score (nSPS) is 14.2. The van der Waals surface area contributed by atoms with Crippen molar-refractivity contribution in [1.29, 1.82) is 5.26 Å². The van der Waals surface area contributed by atoms with E-state index in [0.717, 1.165) is 37.1 Å². The number of nitriles is 1. The van der Waals surface area contributed by atoms with Gasteiger partial charge in [0.05, 0.1) is 36.8 Å². The molecule has 4 aromatic rings. The topological polar surface area (TPSA) is 96.9 Å². The van der Waals surface area contributed by atoms with Crippen molar-refractivity contribution in [1.82, 2.24) is 24.6 Å². The van der Waals surface area contributed by atoms with Gasteiger partial charge >= 0.3 is 0 Å². The summed E-state index contributed by atoms with van der Waals surface area (Å²) >= 11 is 0. The van der Waals surface area contributed by atoms with Crippen molar-refractivity contribution >= 4 is 0 Å². The number of likely N-dealkylation sites (tertiary alicyclic amines) is 1. The van der Waals surface area contributed by atoms with Gasteiger partial charge in [0.1, 0.15) is 11.9 Å². The molecule has 0 bridgehead atoms. The molecule has 1 fully saturated rings. The Labute approximate surface area is 220 Å². The molecule has 0 aliphatic carbocycles. The first-order chi connectivity index (χ1) is 18.5. The zero-order valence-corrected chi connectivity index (χ0v) is 21.0. The second-order valence-corrected chi connectivity index (χ2v) is 9.52. The fraction of sp³-hybridized carbons (Fsp3) is 0.276. The number of nitrogens with zero attached hydrogens (tertiary/aromatic N) is 6. The van der Waals surface area contributed by atoms with Crippen molar-refractivity contribution < 1.29 is 9.13 Å². The Balaban J connectivity index is 1.29. The molecule has 0 saturated carbocycles. The number of halogens is 1. The molecule has 8 nitrogen and oxygen atoms in total. The van der Waals surface area contributed by atoms with Gasteiger partial charge < -0.3 is 9.64 Å². The Kier molecular flexibility index (Phi) is 7.52. The minimum absolute atomic E-state index is 0.0759. The monoisotopic (exact) mass is 510 g/mol. The SMILES string of the molecule is CN1CCC(COc2cnc(-c3cccc(Cn4nc(-c5ccc(F)c(C#N)c5)ccc4=O)c3)nc2)CC1. The van der Waals surface area contributed by atoms with Crippen molar-refractivity contribution in [3.8, 4) is 34.5 Å². The van der Waals surface area contributed by atoms with Gasteiger partial charge in [-0.05, 0) is 74.8 Å². The van der Waals surface area contributed by atoms with E-state index in [9.17, 15) is 9.18 Å². The van der Waals surface area contributed by atoms with Gasteiger partial charge in [0.25, 0.3) is 5.56 Å². The highest BCUT2D eigenvalue weighted by molar-refractivity contribution is 5.61. The van der Waals surface area contributed by atoms with E-state index in [1.165, 1.54) is 28.9 Å². The van der Waals surface area contributed by atoms with Gasteiger partial charge in [-0.2, -0.15) is 10.4 Å². The van der Waals surface area contributed by atoms with Crippen molar-refractivity contribution in [3.63, 3.8) is 0 Å². The third-order valence-electron chi connectivity index (χ3n) is 6.72. The lowest BCUT2D eigenvalue weighted by Crippen LogP contribution is -2.32. The molecule has 2 aromatic carbocycles. The van der Waals surface area contributed by atoms with E-state index >= 15 is 0 Å². The molecule has 192 valence electrons. The van der Waals surface area contributed by atoms with Crippen LogP contribution < -0.4 is 10.3 Å². The minimum atomic E-state index is -0.597. The van der Waals surface area contributed by atoms with Crippen LogP contribution in [-0.2, 0) is 6.54 Å². The number of rotatable bonds is 7. The molecule has 2 aromatic heterocycles. The van der Waals surface area contributed by atoms with Crippen LogP contribution in [0.3, 0.4) is 0 Å². The lowest BCUT2D eigenvalue weighted by atomic mass is 9.98. The zero-order chi connectivity index (χ0) is 26.5. The van der Waals surface area contributed by atoms with Gasteiger partial charge in [0.15, 0.2) is 11.6 Å². The summed E-state index contributed by atoms with van der Waals surface area (Å²) in [4.78, 5) is 23.8. The first-order valence-corrected chi connectivity index (χ1v) is 12.5. The Bertz CT molecular complexity index is 1520.